The molecule has 238 valence electrons. The number of carboxylic acid groups (broad SMARTS) is 1. The van der Waals surface area contributed by atoms with Gasteiger partial charge in [-0.25, -0.2) is 4.79 Å². The van der Waals surface area contributed by atoms with Crippen LogP contribution >= 0.6 is 0 Å². The first-order valence-electron chi connectivity index (χ1n) is 14.7. The van der Waals surface area contributed by atoms with Gasteiger partial charge in [-0.1, -0.05) is 58.0 Å². The van der Waals surface area contributed by atoms with Crippen LogP contribution < -0.4 is 14.8 Å². The van der Waals surface area contributed by atoms with E-state index >= 15 is 0 Å². The molecule has 0 aliphatic carbocycles. The highest BCUT2D eigenvalue weighted by Crippen LogP contribution is 2.32. The second-order valence-electron chi connectivity index (χ2n) is 11.3. The van der Waals surface area contributed by atoms with Crippen LogP contribution in [0.4, 0.5) is 4.79 Å². The van der Waals surface area contributed by atoms with Crippen LogP contribution in [0.2, 0.25) is 0 Å². The molecule has 43 heavy (non-hydrogen) atoms. The Labute approximate surface area is 254 Å². The molecule has 2 aromatic rings. The zero-order valence-electron chi connectivity index (χ0n) is 26.1. The van der Waals surface area contributed by atoms with E-state index in [0.717, 1.165) is 5.56 Å². The highest BCUT2D eigenvalue weighted by molar-refractivity contribution is 5.98. The number of amides is 1. The number of nitrogens with one attached hydrogen (secondary N) is 1. The van der Waals surface area contributed by atoms with Crippen molar-refractivity contribution in [2.75, 3.05) is 27.4 Å². The standard InChI is InChI=1S/C33H47NO9/c1-21(2)25(31(36)24-13-14-29(41-6)30(17-24)42-16-10-15-40-5)18-27(28(35)19-26(22(3)4)32(37)38)34-33(39)43-20-23-11-8-7-9-12-23/h7-9,11-14,17,21-22,25-28,35H,10,15-16,18-20H2,1-6H3,(H,34,39)(H,37,38)/t25-,26?,27-,28-/m0/s1. The van der Waals surface area contributed by atoms with Gasteiger partial charge >= 0.3 is 12.1 Å². The Morgan fingerprint density at radius 2 is 1.53 bits per heavy atom. The second kappa shape index (κ2) is 18.1. The molecule has 0 spiro atoms. The lowest BCUT2D eigenvalue weighted by Gasteiger charge is -2.31. The number of aliphatic hydroxyl groups excluding tert-OH is 1. The molecule has 0 aliphatic heterocycles. The highest BCUT2D eigenvalue weighted by atomic mass is 16.5. The van der Waals surface area contributed by atoms with Crippen LogP contribution in [0.5, 0.6) is 11.5 Å². The maximum Gasteiger partial charge on any atom is 0.407 e. The Morgan fingerprint density at radius 1 is 0.860 bits per heavy atom. The third-order valence-electron chi connectivity index (χ3n) is 7.45. The minimum Gasteiger partial charge on any atom is -0.493 e. The lowest BCUT2D eigenvalue weighted by atomic mass is 9.80. The van der Waals surface area contributed by atoms with Crippen molar-refractivity contribution in [2.45, 2.75) is 65.7 Å². The number of ketones is 1. The molecule has 0 fully saturated rings. The Kier molecular flexibility index (Phi) is 15.0. The van der Waals surface area contributed by atoms with Crippen molar-refractivity contribution in [1.82, 2.24) is 5.32 Å². The van der Waals surface area contributed by atoms with Gasteiger partial charge in [-0.15, -0.1) is 0 Å². The van der Waals surface area contributed by atoms with Crippen LogP contribution in [-0.2, 0) is 20.9 Å². The summed E-state index contributed by atoms with van der Waals surface area (Å²) in [5, 5.41) is 23.7. The molecular formula is C33H47NO9. The van der Waals surface area contributed by atoms with Gasteiger partial charge in [0.1, 0.15) is 6.61 Å². The van der Waals surface area contributed by atoms with Crippen LogP contribution in [0.3, 0.4) is 0 Å². The van der Waals surface area contributed by atoms with E-state index in [1.807, 2.05) is 44.2 Å². The summed E-state index contributed by atoms with van der Waals surface area (Å²) in [5.41, 5.74) is 1.18. The summed E-state index contributed by atoms with van der Waals surface area (Å²) in [6.07, 6.45) is -1.38. The summed E-state index contributed by atoms with van der Waals surface area (Å²) in [6, 6.07) is 13.2. The fraction of sp³-hybridized carbons (Fsp3) is 0.545. The number of alkyl carbamates (subject to hydrolysis) is 1. The molecule has 10 heteroatoms. The molecular weight excluding hydrogens is 554 g/mol. The van der Waals surface area contributed by atoms with Crippen molar-refractivity contribution in [3.63, 3.8) is 0 Å². The van der Waals surface area contributed by atoms with Crippen molar-refractivity contribution in [1.29, 1.82) is 0 Å². The molecule has 10 nitrogen and oxygen atoms in total. The number of benzene rings is 2. The highest BCUT2D eigenvalue weighted by Gasteiger charge is 2.35. The topological polar surface area (TPSA) is 141 Å². The van der Waals surface area contributed by atoms with E-state index in [4.69, 9.17) is 18.9 Å². The molecule has 1 unspecified atom stereocenters. The number of rotatable bonds is 19. The Morgan fingerprint density at radius 3 is 2.12 bits per heavy atom. The molecule has 2 aromatic carbocycles. The molecule has 3 N–H and O–H groups in total. The van der Waals surface area contributed by atoms with Gasteiger partial charge in [0.2, 0.25) is 0 Å². The first-order valence-corrected chi connectivity index (χ1v) is 14.7. The van der Waals surface area contributed by atoms with E-state index in [9.17, 15) is 24.6 Å². The monoisotopic (exact) mass is 601 g/mol. The number of carboxylic acids is 1. The predicted octanol–water partition coefficient (Wildman–Crippen LogP) is 5.36. The molecule has 0 radical (unpaired) electrons. The molecule has 4 atom stereocenters. The van der Waals surface area contributed by atoms with E-state index in [1.54, 1.807) is 39.2 Å². The molecule has 0 saturated carbocycles. The summed E-state index contributed by atoms with van der Waals surface area (Å²) in [5.74, 6) is -2.20. The fourth-order valence-corrected chi connectivity index (χ4v) is 4.81. The number of aliphatic carboxylic acids is 1. The molecule has 0 bridgehead atoms. The zero-order chi connectivity index (χ0) is 31.9. The minimum absolute atomic E-state index is 0.0186. The third-order valence-corrected chi connectivity index (χ3v) is 7.45. The minimum atomic E-state index is -1.24. The van der Waals surface area contributed by atoms with Crippen LogP contribution in [0.15, 0.2) is 48.5 Å². The van der Waals surface area contributed by atoms with Crippen molar-refractivity contribution in [3.05, 3.63) is 59.7 Å². The molecule has 0 heterocycles. The van der Waals surface area contributed by atoms with Gasteiger partial charge in [0, 0.05) is 31.6 Å². The average Bonchev–Trinajstić information content (AvgIpc) is 2.98. The first kappa shape index (κ1) is 35.6. The van der Waals surface area contributed by atoms with E-state index < -0.39 is 36.0 Å². The number of carbonyl (C=O) groups excluding carboxylic acids is 2. The number of hydrogen-bond acceptors (Lipinski definition) is 8. The van der Waals surface area contributed by atoms with Crippen LogP contribution in [0.25, 0.3) is 0 Å². The number of carbonyl (C=O) groups is 3. The summed E-state index contributed by atoms with van der Waals surface area (Å²) >= 11 is 0. The normalized spacial score (nSPS) is 14.1. The van der Waals surface area contributed by atoms with Gasteiger partial charge in [-0.2, -0.15) is 0 Å². The maximum absolute atomic E-state index is 13.9. The van der Waals surface area contributed by atoms with Crippen LogP contribution in [-0.4, -0.2) is 67.6 Å². The number of ether oxygens (including phenoxy) is 4. The van der Waals surface area contributed by atoms with Gasteiger partial charge in [0.25, 0.3) is 0 Å². The van der Waals surface area contributed by atoms with Crippen molar-refractivity contribution < 1.29 is 43.5 Å². The first-order chi connectivity index (χ1) is 20.5. The van der Waals surface area contributed by atoms with Gasteiger partial charge < -0.3 is 34.5 Å². The number of hydrogen-bond donors (Lipinski definition) is 3. The lowest BCUT2D eigenvalue weighted by molar-refractivity contribution is -0.144. The van der Waals surface area contributed by atoms with Gasteiger partial charge in [-0.3, -0.25) is 9.59 Å². The second-order valence-corrected chi connectivity index (χ2v) is 11.3. The van der Waals surface area contributed by atoms with Gasteiger partial charge in [0.15, 0.2) is 17.3 Å². The van der Waals surface area contributed by atoms with Crippen molar-refractivity contribution in [2.24, 2.45) is 23.7 Å². The van der Waals surface area contributed by atoms with E-state index in [-0.39, 0.29) is 37.1 Å². The van der Waals surface area contributed by atoms with E-state index in [0.29, 0.717) is 36.7 Å². The molecule has 2 rings (SSSR count). The van der Waals surface area contributed by atoms with Crippen molar-refractivity contribution in [3.8, 4) is 11.5 Å². The molecule has 0 saturated heterocycles. The summed E-state index contributed by atoms with van der Waals surface area (Å²) in [7, 11) is 3.13. The van der Waals surface area contributed by atoms with Gasteiger partial charge in [0.05, 0.1) is 31.8 Å². The summed E-state index contributed by atoms with van der Waals surface area (Å²) in [6.45, 7) is 8.23. The van der Waals surface area contributed by atoms with Gasteiger partial charge in [-0.05, 0) is 48.4 Å². The fourth-order valence-electron chi connectivity index (χ4n) is 4.81. The smallest absolute Gasteiger partial charge is 0.407 e. The van der Waals surface area contributed by atoms with Crippen molar-refractivity contribution >= 4 is 17.8 Å². The Hall–Kier alpha value is -3.63. The molecule has 0 aromatic heterocycles. The Balaban J connectivity index is 2.30. The summed E-state index contributed by atoms with van der Waals surface area (Å²) < 4.78 is 21.7. The Bertz CT molecular complexity index is 1150. The quantitative estimate of drug-likeness (QED) is 0.143. The van der Waals surface area contributed by atoms with Crippen LogP contribution in [0.1, 0.15) is 62.9 Å². The lowest BCUT2D eigenvalue weighted by Crippen LogP contribution is -2.47. The number of aliphatic hydroxyl groups is 1. The molecule has 0 aliphatic rings. The predicted molar refractivity (Wildman–Crippen MR) is 162 cm³/mol. The number of Topliss-reactive ketones (excluding diaryl/α,β-unsaturated/α-hetero) is 1. The summed E-state index contributed by atoms with van der Waals surface area (Å²) in [4.78, 5) is 38.6. The largest absolute Gasteiger partial charge is 0.493 e. The molecule has 1 amide bonds. The van der Waals surface area contributed by atoms with E-state index in [2.05, 4.69) is 5.32 Å². The maximum atomic E-state index is 13.9. The number of methoxy groups -OCH3 is 2. The zero-order valence-corrected chi connectivity index (χ0v) is 26.1. The van der Waals surface area contributed by atoms with Crippen LogP contribution in [0, 0.1) is 23.7 Å². The SMILES string of the molecule is COCCCOc1cc(C(=O)[C@@H](C[C@H](NC(=O)OCc2ccccc2)[C@@H](O)CC(C(=O)O)C(C)C)C(C)C)ccc1OC. The van der Waals surface area contributed by atoms with E-state index in [1.165, 1.54) is 7.11 Å². The average molecular weight is 602 g/mol. The third kappa shape index (κ3) is 11.5.